The van der Waals surface area contributed by atoms with Crippen LogP contribution in [0, 0.1) is 0 Å². The Labute approximate surface area is 118 Å². The zero-order valence-corrected chi connectivity index (χ0v) is 11.8. The molecule has 108 valence electrons. The molecule has 0 fully saturated rings. The molecule has 0 saturated carbocycles. The molecule has 2 N–H and O–H groups in total. The third-order valence-corrected chi connectivity index (χ3v) is 3.44. The second kappa shape index (κ2) is 6.05. The topological polar surface area (TPSA) is 69.6 Å². The number of nitrogens with zero attached hydrogens (tertiary/aromatic N) is 1. The van der Waals surface area contributed by atoms with E-state index in [2.05, 4.69) is 5.32 Å². The van der Waals surface area contributed by atoms with Crippen LogP contribution in [0.2, 0.25) is 0 Å². The lowest BCUT2D eigenvalue weighted by molar-refractivity contribution is -0.118. The summed E-state index contributed by atoms with van der Waals surface area (Å²) >= 11 is 0. The van der Waals surface area contributed by atoms with Crippen LogP contribution in [0.15, 0.2) is 18.2 Å². The van der Waals surface area contributed by atoms with Crippen LogP contribution in [-0.4, -0.2) is 36.1 Å². The largest absolute Gasteiger partial charge is 0.478 e. The number of benzene rings is 1. The van der Waals surface area contributed by atoms with E-state index in [4.69, 9.17) is 0 Å². The molecule has 1 aliphatic rings. The molecule has 0 spiro atoms. The number of nitrogens with one attached hydrogen (secondary N) is 1. The maximum absolute atomic E-state index is 12.3. The molecular formula is C15H20N2O3. The molecule has 1 amide bonds. The predicted octanol–water partition coefficient (Wildman–Crippen LogP) is 1.66. The van der Waals surface area contributed by atoms with E-state index < -0.39 is 5.97 Å². The highest BCUT2D eigenvalue weighted by Gasteiger charge is 2.25. The van der Waals surface area contributed by atoms with Crippen LogP contribution >= 0.6 is 0 Å². The molecule has 0 aliphatic carbocycles. The van der Waals surface area contributed by atoms with Crippen molar-refractivity contribution >= 4 is 17.6 Å². The van der Waals surface area contributed by atoms with Gasteiger partial charge in [-0.2, -0.15) is 0 Å². The third kappa shape index (κ3) is 2.99. The van der Waals surface area contributed by atoms with Crippen molar-refractivity contribution in [3.8, 4) is 0 Å². The molecule has 5 nitrogen and oxygen atoms in total. The van der Waals surface area contributed by atoms with Crippen LogP contribution in [0.25, 0.3) is 0 Å². The predicted molar refractivity (Wildman–Crippen MR) is 77.2 cm³/mol. The summed E-state index contributed by atoms with van der Waals surface area (Å²) in [5.41, 5.74) is 1.81. The van der Waals surface area contributed by atoms with Crippen molar-refractivity contribution in [2.24, 2.45) is 0 Å². The molecule has 2 rings (SSSR count). The molecule has 1 aromatic rings. The molecule has 5 heteroatoms. The maximum Gasteiger partial charge on any atom is 0.336 e. The molecule has 0 bridgehead atoms. The van der Waals surface area contributed by atoms with Crippen LogP contribution in [0.5, 0.6) is 0 Å². The van der Waals surface area contributed by atoms with Crippen LogP contribution in [0.3, 0.4) is 0 Å². The van der Waals surface area contributed by atoms with E-state index in [1.54, 1.807) is 17.0 Å². The normalized spacial score (nSPS) is 14.2. The summed E-state index contributed by atoms with van der Waals surface area (Å²) in [6.07, 6.45) is 1.50. The number of carboxylic acids is 1. The quantitative estimate of drug-likeness (QED) is 0.877. The Balaban J connectivity index is 2.26. The van der Waals surface area contributed by atoms with Gasteiger partial charge in [0, 0.05) is 18.3 Å². The van der Waals surface area contributed by atoms with E-state index in [1.165, 1.54) is 0 Å². The van der Waals surface area contributed by atoms with Gasteiger partial charge in [-0.25, -0.2) is 4.79 Å². The zero-order valence-electron chi connectivity index (χ0n) is 11.8. The second-order valence-corrected chi connectivity index (χ2v) is 5.29. The van der Waals surface area contributed by atoms with Gasteiger partial charge in [0.15, 0.2) is 0 Å². The van der Waals surface area contributed by atoms with Crippen LogP contribution in [-0.2, 0) is 11.2 Å². The van der Waals surface area contributed by atoms with E-state index in [0.717, 1.165) is 17.7 Å². The Hall–Kier alpha value is -1.88. The van der Waals surface area contributed by atoms with Gasteiger partial charge in [-0.3, -0.25) is 4.79 Å². The molecule has 20 heavy (non-hydrogen) atoms. The van der Waals surface area contributed by atoms with Crippen LogP contribution < -0.4 is 10.2 Å². The van der Waals surface area contributed by atoms with Gasteiger partial charge in [0.05, 0.1) is 12.1 Å². The first kappa shape index (κ1) is 14.5. The van der Waals surface area contributed by atoms with E-state index in [0.29, 0.717) is 18.5 Å². The number of rotatable bonds is 4. The van der Waals surface area contributed by atoms with Gasteiger partial charge < -0.3 is 15.3 Å². The first-order valence-corrected chi connectivity index (χ1v) is 6.89. The number of aromatic carboxylic acids is 1. The van der Waals surface area contributed by atoms with Crippen molar-refractivity contribution in [2.45, 2.75) is 32.7 Å². The van der Waals surface area contributed by atoms with E-state index in [-0.39, 0.29) is 18.5 Å². The fraction of sp³-hybridized carbons (Fsp3) is 0.467. The van der Waals surface area contributed by atoms with Crippen molar-refractivity contribution in [1.29, 1.82) is 0 Å². The highest BCUT2D eigenvalue weighted by molar-refractivity contribution is 5.99. The fourth-order valence-corrected chi connectivity index (χ4v) is 2.47. The fourth-order valence-electron chi connectivity index (χ4n) is 2.47. The number of anilines is 1. The van der Waals surface area contributed by atoms with E-state index >= 15 is 0 Å². The number of carboxylic acid groups (broad SMARTS) is 1. The van der Waals surface area contributed by atoms with Gasteiger partial charge in [0.25, 0.3) is 0 Å². The Morgan fingerprint density at radius 2 is 2.15 bits per heavy atom. The lowest BCUT2D eigenvalue weighted by Crippen LogP contribution is -2.43. The summed E-state index contributed by atoms with van der Waals surface area (Å²) in [4.78, 5) is 25.2. The Kier molecular flexibility index (Phi) is 4.39. The van der Waals surface area contributed by atoms with Crippen molar-refractivity contribution in [2.75, 3.05) is 18.0 Å². The summed E-state index contributed by atoms with van der Waals surface area (Å²) in [6.45, 7) is 4.89. The second-order valence-electron chi connectivity index (χ2n) is 5.29. The van der Waals surface area contributed by atoms with Gasteiger partial charge >= 0.3 is 5.97 Å². The van der Waals surface area contributed by atoms with E-state index in [1.807, 2.05) is 19.9 Å². The minimum absolute atomic E-state index is 0.0119. The third-order valence-electron chi connectivity index (χ3n) is 3.44. The Morgan fingerprint density at radius 1 is 1.40 bits per heavy atom. The number of fused-ring (bicyclic) bond motifs is 1. The molecule has 1 aromatic carbocycles. The highest BCUT2D eigenvalue weighted by atomic mass is 16.4. The SMILES string of the molecule is CC(C)NCC(=O)N1CCCc2c(C(=O)O)cccc21. The number of carbonyl (C=O) groups excluding carboxylic acids is 1. The van der Waals surface area contributed by atoms with Crippen molar-refractivity contribution in [3.05, 3.63) is 29.3 Å². The summed E-state index contributed by atoms with van der Waals surface area (Å²) in [5.74, 6) is -0.946. The molecule has 0 atom stereocenters. The van der Waals surface area contributed by atoms with Crippen molar-refractivity contribution < 1.29 is 14.7 Å². The molecule has 1 aliphatic heterocycles. The summed E-state index contributed by atoms with van der Waals surface area (Å²) in [7, 11) is 0. The summed E-state index contributed by atoms with van der Waals surface area (Å²) < 4.78 is 0. The first-order valence-electron chi connectivity index (χ1n) is 6.89. The average molecular weight is 276 g/mol. The smallest absolute Gasteiger partial charge is 0.336 e. The zero-order chi connectivity index (χ0) is 14.7. The number of hydrogen-bond acceptors (Lipinski definition) is 3. The van der Waals surface area contributed by atoms with E-state index in [9.17, 15) is 14.7 Å². The van der Waals surface area contributed by atoms with Gasteiger partial charge in [-0.15, -0.1) is 0 Å². The monoisotopic (exact) mass is 276 g/mol. The number of carbonyl (C=O) groups is 2. The maximum atomic E-state index is 12.3. The Bertz CT molecular complexity index is 526. The minimum Gasteiger partial charge on any atom is -0.478 e. The van der Waals surface area contributed by atoms with Crippen molar-refractivity contribution in [3.63, 3.8) is 0 Å². The van der Waals surface area contributed by atoms with Crippen LogP contribution in [0.1, 0.15) is 36.2 Å². The lowest BCUT2D eigenvalue weighted by Gasteiger charge is -2.30. The standard InChI is InChI=1S/C15H20N2O3/c1-10(2)16-9-14(18)17-8-4-6-11-12(15(19)20)5-3-7-13(11)17/h3,5,7,10,16H,4,6,8-9H2,1-2H3,(H,19,20). The van der Waals surface area contributed by atoms with Gasteiger partial charge in [0.2, 0.25) is 5.91 Å². The number of amides is 1. The lowest BCUT2D eigenvalue weighted by atomic mass is 9.96. The number of hydrogen-bond donors (Lipinski definition) is 2. The summed E-state index contributed by atoms with van der Waals surface area (Å²) in [5, 5.41) is 12.3. The van der Waals surface area contributed by atoms with Crippen molar-refractivity contribution in [1.82, 2.24) is 5.32 Å². The molecular weight excluding hydrogens is 256 g/mol. The molecule has 0 radical (unpaired) electrons. The Morgan fingerprint density at radius 3 is 2.80 bits per heavy atom. The summed E-state index contributed by atoms with van der Waals surface area (Å²) in [6, 6.07) is 5.37. The average Bonchev–Trinajstić information content (AvgIpc) is 2.43. The minimum atomic E-state index is -0.934. The highest BCUT2D eigenvalue weighted by Crippen LogP contribution is 2.29. The van der Waals surface area contributed by atoms with Crippen LogP contribution in [0.4, 0.5) is 5.69 Å². The molecule has 0 aromatic heterocycles. The van der Waals surface area contributed by atoms with Gasteiger partial charge in [-0.1, -0.05) is 19.9 Å². The molecule has 0 saturated heterocycles. The van der Waals surface area contributed by atoms with Gasteiger partial charge in [-0.05, 0) is 30.5 Å². The molecule has 1 heterocycles. The van der Waals surface area contributed by atoms with Gasteiger partial charge in [0.1, 0.15) is 0 Å². The molecule has 0 unspecified atom stereocenters. The first-order chi connectivity index (χ1) is 9.50.